The summed E-state index contributed by atoms with van der Waals surface area (Å²) < 4.78 is 11.6. The number of halogens is 1. The molecule has 0 aliphatic rings. The molecule has 0 spiro atoms. The highest BCUT2D eigenvalue weighted by Crippen LogP contribution is 2.37. The molecule has 114 valence electrons. The maximum atomic E-state index is 5.99. The number of benzene rings is 2. The summed E-state index contributed by atoms with van der Waals surface area (Å²) in [5, 5.41) is 3.17. The van der Waals surface area contributed by atoms with Crippen molar-refractivity contribution in [2.45, 2.75) is 33.1 Å². The monoisotopic (exact) mass is 350 g/mol. The fraction of sp³-hybridized carbons (Fsp3) is 0.444. The summed E-state index contributed by atoms with van der Waals surface area (Å²) in [5.74, 6) is 2.36. The topological polar surface area (TPSA) is 18.5 Å². The molecule has 0 aliphatic carbocycles. The van der Waals surface area contributed by atoms with Crippen molar-refractivity contribution in [2.24, 2.45) is 0 Å². The Bertz CT molecular complexity index is 620. The van der Waals surface area contributed by atoms with Gasteiger partial charge in [0.05, 0.1) is 13.7 Å². The van der Waals surface area contributed by atoms with E-state index in [0.29, 0.717) is 12.5 Å². The van der Waals surface area contributed by atoms with Crippen LogP contribution in [0.25, 0.3) is 10.8 Å². The standard InChI is InChI=1S/C18H23BrO2/c1-5-13-6-7-14-10-15(12(2)3)17(20-4)11-16(14)18(13)21-9-8-19/h6-7,10-12H,5,8-9H2,1-4H3. The Balaban J connectivity index is 2.67. The SMILES string of the molecule is CCc1ccc2cc(C(C)C)c(OC)cc2c1OCCBr. The first-order valence-electron chi connectivity index (χ1n) is 7.44. The van der Waals surface area contributed by atoms with Gasteiger partial charge in [0.15, 0.2) is 0 Å². The molecule has 0 aromatic heterocycles. The summed E-state index contributed by atoms with van der Waals surface area (Å²) in [7, 11) is 1.73. The Hall–Kier alpha value is -1.22. The van der Waals surface area contributed by atoms with Gasteiger partial charge in [-0.3, -0.25) is 0 Å². The van der Waals surface area contributed by atoms with Gasteiger partial charge in [0.1, 0.15) is 11.5 Å². The summed E-state index contributed by atoms with van der Waals surface area (Å²) in [6, 6.07) is 8.69. The highest BCUT2D eigenvalue weighted by molar-refractivity contribution is 9.09. The van der Waals surface area contributed by atoms with Crippen LogP contribution >= 0.6 is 15.9 Å². The zero-order chi connectivity index (χ0) is 15.4. The first kappa shape index (κ1) is 16.2. The minimum absolute atomic E-state index is 0.433. The van der Waals surface area contributed by atoms with Gasteiger partial charge in [-0.25, -0.2) is 0 Å². The average molecular weight is 351 g/mol. The first-order chi connectivity index (χ1) is 10.1. The number of ether oxygens (including phenoxy) is 2. The number of aryl methyl sites for hydroxylation is 1. The van der Waals surface area contributed by atoms with Crippen molar-refractivity contribution in [1.82, 2.24) is 0 Å². The molecule has 2 aromatic carbocycles. The molecule has 0 bridgehead atoms. The molecule has 0 radical (unpaired) electrons. The van der Waals surface area contributed by atoms with Crippen molar-refractivity contribution in [1.29, 1.82) is 0 Å². The smallest absolute Gasteiger partial charge is 0.130 e. The summed E-state index contributed by atoms with van der Waals surface area (Å²) >= 11 is 3.43. The van der Waals surface area contributed by atoms with Crippen LogP contribution in [0.2, 0.25) is 0 Å². The lowest BCUT2D eigenvalue weighted by Gasteiger charge is -2.17. The lowest BCUT2D eigenvalue weighted by Crippen LogP contribution is -2.02. The van der Waals surface area contributed by atoms with Gasteiger partial charge in [-0.05, 0) is 41.0 Å². The largest absolute Gasteiger partial charge is 0.496 e. The molecule has 0 saturated carbocycles. The molecule has 0 amide bonds. The van der Waals surface area contributed by atoms with Gasteiger partial charge >= 0.3 is 0 Å². The predicted octanol–water partition coefficient (Wildman–Crippen LogP) is 5.31. The van der Waals surface area contributed by atoms with Crippen molar-refractivity contribution in [2.75, 3.05) is 19.0 Å². The van der Waals surface area contributed by atoms with E-state index in [1.165, 1.54) is 16.5 Å². The van der Waals surface area contributed by atoms with E-state index in [2.05, 4.69) is 61.0 Å². The number of methoxy groups -OCH3 is 1. The van der Waals surface area contributed by atoms with Gasteiger partial charge < -0.3 is 9.47 Å². The number of hydrogen-bond acceptors (Lipinski definition) is 2. The van der Waals surface area contributed by atoms with E-state index in [4.69, 9.17) is 9.47 Å². The van der Waals surface area contributed by atoms with Crippen molar-refractivity contribution < 1.29 is 9.47 Å². The van der Waals surface area contributed by atoms with E-state index in [9.17, 15) is 0 Å². The number of hydrogen-bond donors (Lipinski definition) is 0. The summed E-state index contributed by atoms with van der Waals surface area (Å²) in [6.07, 6.45) is 0.960. The molecule has 0 heterocycles. The highest BCUT2D eigenvalue weighted by Gasteiger charge is 2.14. The van der Waals surface area contributed by atoms with Crippen molar-refractivity contribution in [3.05, 3.63) is 35.4 Å². The maximum Gasteiger partial charge on any atom is 0.130 e. The molecule has 0 atom stereocenters. The number of fused-ring (bicyclic) bond motifs is 1. The fourth-order valence-corrected chi connectivity index (χ4v) is 2.77. The lowest BCUT2D eigenvalue weighted by atomic mass is 9.96. The minimum atomic E-state index is 0.433. The van der Waals surface area contributed by atoms with Crippen LogP contribution in [0, 0.1) is 0 Å². The van der Waals surface area contributed by atoms with Crippen LogP contribution < -0.4 is 9.47 Å². The van der Waals surface area contributed by atoms with E-state index >= 15 is 0 Å². The van der Waals surface area contributed by atoms with E-state index in [0.717, 1.165) is 28.6 Å². The van der Waals surface area contributed by atoms with E-state index < -0.39 is 0 Å². The van der Waals surface area contributed by atoms with Crippen molar-refractivity contribution in [3.8, 4) is 11.5 Å². The predicted molar refractivity (Wildman–Crippen MR) is 93.3 cm³/mol. The second-order valence-electron chi connectivity index (χ2n) is 5.41. The summed E-state index contributed by atoms with van der Waals surface area (Å²) in [5.41, 5.74) is 2.48. The Labute approximate surface area is 135 Å². The molecular formula is C18H23BrO2. The molecule has 0 unspecified atom stereocenters. The maximum absolute atomic E-state index is 5.99. The first-order valence-corrected chi connectivity index (χ1v) is 8.56. The second-order valence-corrected chi connectivity index (χ2v) is 6.21. The third-order valence-corrected chi connectivity index (χ3v) is 4.05. The van der Waals surface area contributed by atoms with Crippen LogP contribution in [-0.4, -0.2) is 19.0 Å². The number of alkyl halides is 1. The van der Waals surface area contributed by atoms with Gasteiger partial charge in [-0.2, -0.15) is 0 Å². The Morgan fingerprint density at radius 2 is 1.95 bits per heavy atom. The van der Waals surface area contributed by atoms with Crippen LogP contribution in [0.4, 0.5) is 0 Å². The Kier molecular flexibility index (Phi) is 5.51. The molecule has 2 aromatic rings. The van der Waals surface area contributed by atoms with E-state index in [1.807, 2.05) is 0 Å². The molecule has 21 heavy (non-hydrogen) atoms. The summed E-state index contributed by atoms with van der Waals surface area (Å²) in [4.78, 5) is 0. The van der Waals surface area contributed by atoms with Gasteiger partial charge in [-0.1, -0.05) is 48.8 Å². The molecule has 3 heteroatoms. The van der Waals surface area contributed by atoms with E-state index in [1.54, 1.807) is 7.11 Å². The Morgan fingerprint density at radius 1 is 1.19 bits per heavy atom. The van der Waals surface area contributed by atoms with Gasteiger partial charge in [0, 0.05) is 10.7 Å². The third-order valence-electron chi connectivity index (χ3n) is 3.73. The van der Waals surface area contributed by atoms with Gasteiger partial charge in [0.25, 0.3) is 0 Å². The van der Waals surface area contributed by atoms with Crippen molar-refractivity contribution >= 4 is 26.7 Å². The lowest BCUT2D eigenvalue weighted by molar-refractivity contribution is 0.345. The van der Waals surface area contributed by atoms with Crippen LogP contribution in [0.5, 0.6) is 11.5 Å². The van der Waals surface area contributed by atoms with Crippen LogP contribution in [0.3, 0.4) is 0 Å². The second kappa shape index (κ2) is 7.17. The van der Waals surface area contributed by atoms with Gasteiger partial charge in [-0.15, -0.1) is 0 Å². The highest BCUT2D eigenvalue weighted by atomic mass is 79.9. The summed E-state index contributed by atoms with van der Waals surface area (Å²) in [6.45, 7) is 7.20. The van der Waals surface area contributed by atoms with E-state index in [-0.39, 0.29) is 0 Å². The molecule has 0 fully saturated rings. The van der Waals surface area contributed by atoms with Crippen LogP contribution in [0.15, 0.2) is 24.3 Å². The third kappa shape index (κ3) is 3.34. The molecular weight excluding hydrogens is 328 g/mol. The number of rotatable bonds is 6. The fourth-order valence-electron chi connectivity index (χ4n) is 2.61. The normalized spacial score (nSPS) is 11.1. The molecule has 0 aliphatic heterocycles. The van der Waals surface area contributed by atoms with Crippen LogP contribution in [-0.2, 0) is 6.42 Å². The average Bonchev–Trinajstić information content (AvgIpc) is 2.50. The quantitative estimate of drug-likeness (QED) is 0.657. The Morgan fingerprint density at radius 3 is 2.52 bits per heavy atom. The minimum Gasteiger partial charge on any atom is -0.496 e. The zero-order valence-corrected chi connectivity index (χ0v) is 14.8. The molecule has 0 saturated heterocycles. The molecule has 0 N–H and O–H groups in total. The molecule has 2 nitrogen and oxygen atoms in total. The van der Waals surface area contributed by atoms with Crippen LogP contribution in [0.1, 0.15) is 37.8 Å². The van der Waals surface area contributed by atoms with Gasteiger partial charge in [0.2, 0.25) is 0 Å². The van der Waals surface area contributed by atoms with Crippen molar-refractivity contribution in [3.63, 3.8) is 0 Å². The zero-order valence-electron chi connectivity index (χ0n) is 13.2. The molecule has 2 rings (SSSR count).